The Balaban J connectivity index is 2.50. The molecule has 0 bridgehead atoms. The Morgan fingerprint density at radius 3 is 2.81 bits per heavy atom. The van der Waals surface area contributed by atoms with Crippen LogP contribution in [0, 0.1) is 0 Å². The van der Waals surface area contributed by atoms with Crippen molar-refractivity contribution < 1.29 is 19.4 Å². The van der Waals surface area contributed by atoms with Crippen molar-refractivity contribution >= 4 is 51.2 Å². The molecule has 0 spiro atoms. The number of carbonyl (C=O) groups excluding carboxylic acids is 1. The second-order valence-corrected chi connectivity index (χ2v) is 6.41. The van der Waals surface area contributed by atoms with Crippen molar-refractivity contribution in [2.24, 2.45) is 0 Å². The lowest BCUT2D eigenvalue weighted by Gasteiger charge is -2.14. The number of carbonyl (C=O) groups is 2. The van der Waals surface area contributed by atoms with Crippen LogP contribution < -0.4 is 10.1 Å². The Labute approximate surface area is 140 Å². The van der Waals surface area contributed by atoms with E-state index in [1.165, 1.54) is 11.8 Å². The molecular weight excluding hydrogens is 382 g/mol. The van der Waals surface area contributed by atoms with E-state index in [9.17, 15) is 9.59 Å². The number of benzene rings is 1. The van der Waals surface area contributed by atoms with E-state index < -0.39 is 17.9 Å². The van der Waals surface area contributed by atoms with Crippen molar-refractivity contribution in [3.05, 3.63) is 27.7 Å². The summed E-state index contributed by atoms with van der Waals surface area (Å²) in [5.41, 5.74) is 0. The van der Waals surface area contributed by atoms with Gasteiger partial charge < -0.3 is 15.2 Å². The first-order valence-electron chi connectivity index (χ1n) is 6.03. The van der Waals surface area contributed by atoms with Crippen molar-refractivity contribution in [3.63, 3.8) is 0 Å². The average molecular weight is 397 g/mol. The van der Waals surface area contributed by atoms with E-state index in [1.807, 2.05) is 6.26 Å². The maximum Gasteiger partial charge on any atom is 0.326 e. The summed E-state index contributed by atoms with van der Waals surface area (Å²) in [7, 11) is 0. The maximum absolute atomic E-state index is 11.7. The summed E-state index contributed by atoms with van der Waals surface area (Å²) in [4.78, 5) is 22.7. The molecule has 0 saturated carbocycles. The number of thioether (sulfide) groups is 1. The third kappa shape index (κ3) is 6.58. The fraction of sp³-hybridized carbons (Fsp3) is 0.385. The molecule has 0 aliphatic carbocycles. The Bertz CT molecular complexity index is 515. The number of nitrogens with one attached hydrogen (secondary N) is 1. The van der Waals surface area contributed by atoms with Gasteiger partial charge in [-0.05, 0) is 36.6 Å². The summed E-state index contributed by atoms with van der Waals surface area (Å²) in [5, 5.41) is 11.8. The zero-order valence-electron chi connectivity index (χ0n) is 11.3. The predicted octanol–water partition coefficient (Wildman–Crippen LogP) is 2.80. The number of rotatable bonds is 8. The quantitative estimate of drug-likeness (QED) is 0.707. The van der Waals surface area contributed by atoms with Crippen LogP contribution in [0.1, 0.15) is 6.42 Å². The van der Waals surface area contributed by atoms with E-state index in [4.69, 9.17) is 21.4 Å². The number of carboxylic acids is 1. The molecule has 0 aromatic heterocycles. The fourth-order valence-electron chi connectivity index (χ4n) is 1.46. The smallest absolute Gasteiger partial charge is 0.326 e. The third-order valence-electron chi connectivity index (χ3n) is 2.50. The van der Waals surface area contributed by atoms with Crippen LogP contribution in [0.4, 0.5) is 0 Å². The van der Waals surface area contributed by atoms with Gasteiger partial charge in [0.1, 0.15) is 11.8 Å². The van der Waals surface area contributed by atoms with Gasteiger partial charge in [-0.2, -0.15) is 11.8 Å². The van der Waals surface area contributed by atoms with Crippen molar-refractivity contribution in [3.8, 4) is 5.75 Å². The monoisotopic (exact) mass is 395 g/mol. The van der Waals surface area contributed by atoms with Gasteiger partial charge in [0.15, 0.2) is 6.61 Å². The first kappa shape index (κ1) is 18.1. The van der Waals surface area contributed by atoms with Crippen LogP contribution in [0.3, 0.4) is 0 Å². The minimum absolute atomic E-state index is 0.287. The molecule has 0 saturated heterocycles. The van der Waals surface area contributed by atoms with E-state index in [0.717, 1.165) is 4.47 Å². The number of hydrogen-bond acceptors (Lipinski definition) is 4. The van der Waals surface area contributed by atoms with Gasteiger partial charge in [0.2, 0.25) is 0 Å². The minimum atomic E-state index is -1.06. The second-order valence-electron chi connectivity index (χ2n) is 4.10. The standard InChI is InChI=1S/C13H15BrClNO4S/c1-21-5-4-10(13(18)19)16-12(17)7-20-11-3-2-8(14)6-9(11)15/h2-3,6,10H,4-5,7H2,1H3,(H,16,17)(H,18,19). The highest BCUT2D eigenvalue weighted by atomic mass is 79.9. The highest BCUT2D eigenvalue weighted by molar-refractivity contribution is 9.10. The molecule has 8 heteroatoms. The lowest BCUT2D eigenvalue weighted by molar-refractivity contribution is -0.142. The molecule has 0 aliphatic heterocycles. The van der Waals surface area contributed by atoms with Crippen LogP contribution in [0.25, 0.3) is 0 Å². The summed E-state index contributed by atoms with van der Waals surface area (Å²) >= 11 is 10.7. The molecule has 0 radical (unpaired) electrons. The molecule has 0 heterocycles. The molecule has 1 rings (SSSR count). The van der Waals surface area contributed by atoms with E-state index >= 15 is 0 Å². The Kier molecular flexibility index (Phi) is 7.92. The average Bonchev–Trinajstić information content (AvgIpc) is 2.42. The van der Waals surface area contributed by atoms with E-state index in [-0.39, 0.29) is 6.61 Å². The van der Waals surface area contributed by atoms with Crippen LogP contribution >= 0.6 is 39.3 Å². The summed E-state index contributed by atoms with van der Waals surface area (Å²) in [6.45, 7) is -0.287. The van der Waals surface area contributed by atoms with Crippen LogP contribution in [-0.4, -0.2) is 41.6 Å². The van der Waals surface area contributed by atoms with Crippen molar-refractivity contribution in [2.45, 2.75) is 12.5 Å². The Morgan fingerprint density at radius 1 is 1.52 bits per heavy atom. The Morgan fingerprint density at radius 2 is 2.24 bits per heavy atom. The lowest BCUT2D eigenvalue weighted by Crippen LogP contribution is -2.43. The molecule has 5 nitrogen and oxygen atoms in total. The minimum Gasteiger partial charge on any atom is -0.482 e. The van der Waals surface area contributed by atoms with Crippen LogP contribution in [-0.2, 0) is 9.59 Å². The van der Waals surface area contributed by atoms with Crippen LogP contribution in [0.15, 0.2) is 22.7 Å². The fourth-order valence-corrected chi connectivity index (χ4v) is 2.66. The first-order valence-corrected chi connectivity index (χ1v) is 8.59. The zero-order valence-corrected chi connectivity index (χ0v) is 14.4. The number of aliphatic carboxylic acids is 1. The van der Waals surface area contributed by atoms with Gasteiger partial charge in [-0.1, -0.05) is 27.5 Å². The molecule has 0 fully saturated rings. The van der Waals surface area contributed by atoms with Crippen molar-refractivity contribution in [2.75, 3.05) is 18.6 Å². The first-order chi connectivity index (χ1) is 9.93. The number of amides is 1. The SMILES string of the molecule is CSCCC(NC(=O)COc1ccc(Br)cc1Cl)C(=O)O. The molecule has 1 aromatic carbocycles. The number of hydrogen-bond donors (Lipinski definition) is 2. The van der Waals surface area contributed by atoms with Crippen molar-refractivity contribution in [1.29, 1.82) is 0 Å². The topological polar surface area (TPSA) is 75.6 Å². The van der Waals surface area contributed by atoms with E-state index in [2.05, 4.69) is 21.2 Å². The van der Waals surface area contributed by atoms with Gasteiger partial charge in [-0.25, -0.2) is 4.79 Å². The summed E-state index contributed by atoms with van der Waals surface area (Å²) in [6, 6.07) is 4.10. The summed E-state index contributed by atoms with van der Waals surface area (Å²) < 4.78 is 6.07. The zero-order chi connectivity index (χ0) is 15.8. The van der Waals surface area contributed by atoms with E-state index in [1.54, 1.807) is 18.2 Å². The molecule has 1 amide bonds. The van der Waals surface area contributed by atoms with Gasteiger partial charge in [0.25, 0.3) is 5.91 Å². The molecule has 2 N–H and O–H groups in total. The lowest BCUT2D eigenvalue weighted by atomic mass is 10.2. The highest BCUT2D eigenvalue weighted by Crippen LogP contribution is 2.27. The predicted molar refractivity (Wildman–Crippen MR) is 87.2 cm³/mol. The second kappa shape index (κ2) is 9.17. The largest absolute Gasteiger partial charge is 0.482 e. The number of carboxylic acid groups (broad SMARTS) is 1. The van der Waals surface area contributed by atoms with Gasteiger partial charge in [0.05, 0.1) is 5.02 Å². The molecule has 1 aromatic rings. The van der Waals surface area contributed by atoms with Gasteiger partial charge in [0, 0.05) is 4.47 Å². The summed E-state index contributed by atoms with van der Waals surface area (Å²) in [6.07, 6.45) is 2.24. The molecule has 21 heavy (non-hydrogen) atoms. The Hall–Kier alpha value is -0.920. The van der Waals surface area contributed by atoms with Crippen LogP contribution in [0.2, 0.25) is 5.02 Å². The van der Waals surface area contributed by atoms with Crippen LogP contribution in [0.5, 0.6) is 5.75 Å². The summed E-state index contributed by atoms with van der Waals surface area (Å²) in [5.74, 6) is -0.538. The van der Waals surface area contributed by atoms with Gasteiger partial charge in [-0.15, -0.1) is 0 Å². The van der Waals surface area contributed by atoms with Crippen molar-refractivity contribution in [1.82, 2.24) is 5.32 Å². The number of halogens is 2. The van der Waals surface area contributed by atoms with E-state index in [0.29, 0.717) is 22.9 Å². The molecular formula is C13H15BrClNO4S. The maximum atomic E-state index is 11.7. The molecule has 116 valence electrons. The third-order valence-corrected chi connectivity index (χ3v) is 3.93. The molecule has 0 aliphatic rings. The highest BCUT2D eigenvalue weighted by Gasteiger charge is 2.19. The molecule has 1 atom stereocenters. The van der Waals surface area contributed by atoms with Gasteiger partial charge in [-0.3, -0.25) is 4.79 Å². The molecule has 1 unspecified atom stereocenters. The normalized spacial score (nSPS) is 11.8. The van der Waals surface area contributed by atoms with Gasteiger partial charge >= 0.3 is 5.97 Å². The number of ether oxygens (including phenoxy) is 1.